The van der Waals surface area contributed by atoms with Crippen LogP contribution in [0.2, 0.25) is 0 Å². The molecule has 2 N–H and O–H groups in total. The first-order chi connectivity index (χ1) is 8.20. The van der Waals surface area contributed by atoms with Crippen molar-refractivity contribution in [2.45, 2.75) is 6.42 Å². The molecule has 0 aliphatic rings. The third-order valence-electron chi connectivity index (χ3n) is 2.36. The van der Waals surface area contributed by atoms with E-state index in [-0.39, 0.29) is 5.69 Å². The number of aromatic nitrogens is 1. The van der Waals surface area contributed by atoms with Crippen LogP contribution in [0.3, 0.4) is 0 Å². The molecular weight excluding hydrogens is 239 g/mol. The number of nitrogens with zero attached hydrogens (tertiary/aromatic N) is 1. The van der Waals surface area contributed by atoms with E-state index in [9.17, 15) is 4.39 Å². The summed E-state index contributed by atoms with van der Waals surface area (Å²) < 4.78 is 18.0. The standard InChI is InChI=1S/C12H13FN2OS/c1-16-5-4-12-15-11(7-17-12)8-2-3-9(13)10(14)6-8/h2-3,6-7H,4-5,14H2,1H3. The highest BCUT2D eigenvalue weighted by Gasteiger charge is 2.06. The van der Waals surface area contributed by atoms with Gasteiger partial charge in [0.15, 0.2) is 0 Å². The van der Waals surface area contributed by atoms with Crippen LogP contribution in [0.1, 0.15) is 5.01 Å². The minimum absolute atomic E-state index is 0.147. The molecule has 0 fully saturated rings. The Bertz CT molecular complexity index is 513. The van der Waals surface area contributed by atoms with Gasteiger partial charge in [-0.3, -0.25) is 0 Å². The maximum absolute atomic E-state index is 13.0. The molecule has 2 aromatic rings. The number of hydrogen-bond acceptors (Lipinski definition) is 4. The highest BCUT2D eigenvalue weighted by molar-refractivity contribution is 7.09. The van der Waals surface area contributed by atoms with Crippen LogP contribution in [0, 0.1) is 5.82 Å². The Hall–Kier alpha value is -1.46. The summed E-state index contributed by atoms with van der Waals surface area (Å²) in [6, 6.07) is 4.64. The Morgan fingerprint density at radius 2 is 2.29 bits per heavy atom. The molecule has 0 aliphatic carbocycles. The van der Waals surface area contributed by atoms with Crippen molar-refractivity contribution in [2.24, 2.45) is 0 Å². The van der Waals surface area contributed by atoms with Gasteiger partial charge in [0.2, 0.25) is 0 Å². The predicted molar refractivity (Wildman–Crippen MR) is 67.5 cm³/mol. The van der Waals surface area contributed by atoms with E-state index in [1.807, 2.05) is 5.38 Å². The van der Waals surface area contributed by atoms with E-state index in [1.54, 1.807) is 30.6 Å². The van der Waals surface area contributed by atoms with Gasteiger partial charge in [-0.2, -0.15) is 0 Å². The lowest BCUT2D eigenvalue weighted by molar-refractivity contribution is 0.202. The van der Waals surface area contributed by atoms with E-state index < -0.39 is 5.82 Å². The van der Waals surface area contributed by atoms with Crippen molar-refractivity contribution in [3.63, 3.8) is 0 Å². The van der Waals surface area contributed by atoms with Gasteiger partial charge >= 0.3 is 0 Å². The Morgan fingerprint density at radius 3 is 3.00 bits per heavy atom. The van der Waals surface area contributed by atoms with Gasteiger partial charge in [0.25, 0.3) is 0 Å². The average molecular weight is 252 g/mol. The largest absolute Gasteiger partial charge is 0.396 e. The highest BCUT2D eigenvalue weighted by atomic mass is 32.1. The third-order valence-corrected chi connectivity index (χ3v) is 3.27. The van der Waals surface area contributed by atoms with Gasteiger partial charge in [0.05, 0.1) is 23.0 Å². The van der Waals surface area contributed by atoms with Crippen molar-refractivity contribution in [1.82, 2.24) is 4.98 Å². The molecular formula is C12H13FN2OS. The average Bonchev–Trinajstić information content (AvgIpc) is 2.79. The van der Waals surface area contributed by atoms with Gasteiger partial charge in [0.1, 0.15) is 5.82 Å². The maximum Gasteiger partial charge on any atom is 0.146 e. The fourth-order valence-electron chi connectivity index (χ4n) is 1.45. The topological polar surface area (TPSA) is 48.1 Å². The van der Waals surface area contributed by atoms with E-state index in [0.29, 0.717) is 6.61 Å². The van der Waals surface area contributed by atoms with Crippen LogP contribution >= 0.6 is 11.3 Å². The molecule has 0 saturated carbocycles. The quantitative estimate of drug-likeness (QED) is 0.851. The number of halogens is 1. The van der Waals surface area contributed by atoms with Crippen LogP contribution in [0.4, 0.5) is 10.1 Å². The molecule has 1 aromatic carbocycles. The van der Waals surface area contributed by atoms with E-state index in [4.69, 9.17) is 10.5 Å². The number of nitrogens with two attached hydrogens (primary N) is 1. The Labute approximate surface area is 103 Å². The zero-order chi connectivity index (χ0) is 12.3. The summed E-state index contributed by atoms with van der Waals surface area (Å²) in [5.41, 5.74) is 7.34. The van der Waals surface area contributed by atoms with Gasteiger partial charge in [-0.15, -0.1) is 11.3 Å². The van der Waals surface area contributed by atoms with Crippen molar-refractivity contribution in [1.29, 1.82) is 0 Å². The highest BCUT2D eigenvalue weighted by Crippen LogP contribution is 2.25. The molecule has 0 spiro atoms. The van der Waals surface area contributed by atoms with Gasteiger partial charge < -0.3 is 10.5 Å². The molecule has 0 amide bonds. The van der Waals surface area contributed by atoms with E-state index >= 15 is 0 Å². The number of anilines is 1. The lowest BCUT2D eigenvalue weighted by Crippen LogP contribution is -1.94. The minimum Gasteiger partial charge on any atom is -0.396 e. The number of hydrogen-bond donors (Lipinski definition) is 1. The molecule has 0 bridgehead atoms. The second kappa shape index (κ2) is 5.25. The smallest absolute Gasteiger partial charge is 0.146 e. The molecule has 1 heterocycles. The SMILES string of the molecule is COCCc1nc(-c2ccc(F)c(N)c2)cs1. The Morgan fingerprint density at radius 1 is 1.47 bits per heavy atom. The molecule has 0 unspecified atom stereocenters. The van der Waals surface area contributed by atoms with E-state index in [2.05, 4.69) is 4.98 Å². The Kier molecular flexibility index (Phi) is 3.71. The molecule has 5 heteroatoms. The van der Waals surface area contributed by atoms with Crippen LogP contribution < -0.4 is 5.73 Å². The van der Waals surface area contributed by atoms with Crippen molar-refractivity contribution in [2.75, 3.05) is 19.5 Å². The van der Waals surface area contributed by atoms with Gasteiger partial charge in [-0.25, -0.2) is 9.37 Å². The fraction of sp³-hybridized carbons (Fsp3) is 0.250. The lowest BCUT2D eigenvalue weighted by atomic mass is 10.1. The molecule has 0 atom stereocenters. The molecule has 90 valence electrons. The van der Waals surface area contributed by atoms with Crippen molar-refractivity contribution < 1.29 is 9.13 Å². The van der Waals surface area contributed by atoms with Gasteiger partial charge in [-0.1, -0.05) is 0 Å². The van der Waals surface area contributed by atoms with Gasteiger partial charge in [0, 0.05) is 24.5 Å². The first kappa shape index (κ1) is 12.0. The molecule has 0 saturated heterocycles. The predicted octanol–water partition coefficient (Wildman–Crippen LogP) is 2.72. The van der Waals surface area contributed by atoms with Crippen LogP contribution in [0.5, 0.6) is 0 Å². The molecule has 2 rings (SSSR count). The number of ether oxygens (including phenoxy) is 1. The molecule has 3 nitrogen and oxygen atoms in total. The van der Waals surface area contributed by atoms with Crippen LogP contribution in [-0.4, -0.2) is 18.7 Å². The zero-order valence-corrected chi connectivity index (χ0v) is 10.3. The summed E-state index contributed by atoms with van der Waals surface area (Å²) in [6.07, 6.45) is 0.790. The summed E-state index contributed by atoms with van der Waals surface area (Å²) in [5, 5.41) is 2.95. The van der Waals surface area contributed by atoms with Gasteiger partial charge in [-0.05, 0) is 18.2 Å². The summed E-state index contributed by atoms with van der Waals surface area (Å²) in [4.78, 5) is 4.45. The third kappa shape index (κ3) is 2.81. The molecule has 17 heavy (non-hydrogen) atoms. The second-order valence-electron chi connectivity index (χ2n) is 3.61. The monoisotopic (exact) mass is 252 g/mol. The van der Waals surface area contributed by atoms with E-state index in [1.165, 1.54) is 6.07 Å². The lowest BCUT2D eigenvalue weighted by Gasteiger charge is -2.00. The number of benzene rings is 1. The molecule has 0 radical (unpaired) electrons. The van der Waals surface area contributed by atoms with Crippen molar-refractivity contribution >= 4 is 17.0 Å². The summed E-state index contributed by atoms with van der Waals surface area (Å²) in [6.45, 7) is 0.651. The zero-order valence-electron chi connectivity index (χ0n) is 9.44. The normalized spacial score (nSPS) is 10.7. The minimum atomic E-state index is -0.399. The number of nitrogen functional groups attached to an aromatic ring is 1. The number of methoxy groups -OCH3 is 1. The van der Waals surface area contributed by atoms with Crippen LogP contribution in [0.15, 0.2) is 23.6 Å². The number of rotatable bonds is 4. The fourth-order valence-corrected chi connectivity index (χ4v) is 2.24. The summed E-state index contributed by atoms with van der Waals surface area (Å²) in [7, 11) is 1.66. The van der Waals surface area contributed by atoms with Crippen LogP contribution in [-0.2, 0) is 11.2 Å². The number of thiazole rings is 1. The molecule has 0 aliphatic heterocycles. The second-order valence-corrected chi connectivity index (χ2v) is 4.55. The molecule has 1 aromatic heterocycles. The van der Waals surface area contributed by atoms with Crippen LogP contribution in [0.25, 0.3) is 11.3 Å². The first-order valence-corrected chi connectivity index (χ1v) is 6.07. The Balaban J connectivity index is 2.21. The first-order valence-electron chi connectivity index (χ1n) is 5.19. The summed E-state index contributed by atoms with van der Waals surface area (Å²) in [5.74, 6) is -0.399. The van der Waals surface area contributed by atoms with E-state index in [0.717, 1.165) is 22.7 Å². The maximum atomic E-state index is 13.0. The van der Waals surface area contributed by atoms with Crippen molar-refractivity contribution in [3.8, 4) is 11.3 Å². The summed E-state index contributed by atoms with van der Waals surface area (Å²) >= 11 is 1.57. The van der Waals surface area contributed by atoms with Crippen molar-refractivity contribution in [3.05, 3.63) is 34.4 Å².